The smallest absolute Gasteiger partial charge is 0.315 e. The maximum absolute atomic E-state index is 13.2. The second-order valence-corrected chi connectivity index (χ2v) is 5.03. The Kier molecular flexibility index (Phi) is 7.46. The van der Waals surface area contributed by atoms with Gasteiger partial charge in [-0.15, -0.1) is 6.58 Å². The van der Waals surface area contributed by atoms with Gasteiger partial charge in [0.1, 0.15) is 5.82 Å². The molecular weight excluding hydrogens is 271 g/mol. The summed E-state index contributed by atoms with van der Waals surface area (Å²) in [7, 11) is 0. The van der Waals surface area contributed by atoms with Crippen LogP contribution in [0, 0.1) is 5.82 Å². The zero-order chi connectivity index (χ0) is 15.7. The summed E-state index contributed by atoms with van der Waals surface area (Å²) in [4.78, 5) is 11.7. The number of aliphatic hydroxyl groups is 1. The van der Waals surface area contributed by atoms with Crippen molar-refractivity contribution in [3.63, 3.8) is 0 Å². The van der Waals surface area contributed by atoms with Crippen LogP contribution < -0.4 is 10.6 Å². The Bertz CT molecular complexity index is 477. The number of carbonyl (C=O) groups excluding carboxylic acids is 1. The van der Waals surface area contributed by atoms with Gasteiger partial charge in [-0.2, -0.15) is 0 Å². The monoisotopic (exact) mass is 294 g/mol. The van der Waals surface area contributed by atoms with Gasteiger partial charge >= 0.3 is 6.03 Å². The van der Waals surface area contributed by atoms with E-state index in [0.29, 0.717) is 6.54 Å². The Morgan fingerprint density at radius 1 is 1.52 bits per heavy atom. The average molecular weight is 294 g/mol. The second-order valence-electron chi connectivity index (χ2n) is 5.03. The van der Waals surface area contributed by atoms with Crippen molar-refractivity contribution >= 4 is 6.03 Å². The zero-order valence-corrected chi connectivity index (χ0v) is 12.4. The van der Waals surface area contributed by atoms with E-state index in [4.69, 9.17) is 5.11 Å². The summed E-state index contributed by atoms with van der Waals surface area (Å²) in [6.07, 6.45) is 4.68. The summed E-state index contributed by atoms with van der Waals surface area (Å²) >= 11 is 0. The van der Waals surface area contributed by atoms with Gasteiger partial charge in [0.2, 0.25) is 0 Å². The minimum atomic E-state index is -0.443. The number of carbonyl (C=O) groups is 1. The lowest BCUT2D eigenvalue weighted by Crippen LogP contribution is -2.40. The first-order valence-electron chi connectivity index (χ1n) is 7.10. The molecular formula is C16H23FN2O2. The lowest BCUT2D eigenvalue weighted by Gasteiger charge is -2.14. The Morgan fingerprint density at radius 2 is 2.29 bits per heavy atom. The summed E-state index contributed by atoms with van der Waals surface area (Å²) in [6, 6.07) is 4.26. The lowest BCUT2D eigenvalue weighted by atomic mass is 10.1. The standard InChI is InChI=1S/C16H23FN2O2/c1-3-4-5-6-12(2)19-16(21)18-10-13-7-8-15(17)14(9-13)11-20/h3,7-9,12,20H,1,4-6,10-11H2,2H3,(H2,18,19,21). The summed E-state index contributed by atoms with van der Waals surface area (Å²) in [5.41, 5.74) is 0.974. The van der Waals surface area contributed by atoms with E-state index in [-0.39, 0.29) is 24.2 Å². The molecule has 3 N–H and O–H groups in total. The first-order chi connectivity index (χ1) is 10.1. The van der Waals surface area contributed by atoms with Gasteiger partial charge in [-0.05, 0) is 43.9 Å². The summed E-state index contributed by atoms with van der Waals surface area (Å²) in [6.45, 7) is 5.54. The maximum Gasteiger partial charge on any atom is 0.315 e. The number of urea groups is 1. The molecule has 1 rings (SSSR count). The topological polar surface area (TPSA) is 61.4 Å². The molecule has 0 fully saturated rings. The van der Waals surface area contributed by atoms with Gasteiger partial charge in [0.15, 0.2) is 0 Å². The Morgan fingerprint density at radius 3 is 2.95 bits per heavy atom. The van der Waals surface area contributed by atoms with Gasteiger partial charge in [-0.1, -0.05) is 12.1 Å². The van der Waals surface area contributed by atoms with Crippen molar-refractivity contribution in [2.75, 3.05) is 0 Å². The highest BCUT2D eigenvalue weighted by Crippen LogP contribution is 2.10. The number of aliphatic hydroxyl groups excluding tert-OH is 1. The summed E-state index contributed by atoms with van der Waals surface area (Å²) < 4.78 is 13.2. The minimum Gasteiger partial charge on any atom is -0.392 e. The van der Waals surface area contributed by atoms with Gasteiger partial charge in [0, 0.05) is 18.2 Å². The van der Waals surface area contributed by atoms with E-state index in [1.165, 1.54) is 6.07 Å². The molecule has 2 amide bonds. The van der Waals surface area contributed by atoms with Gasteiger partial charge in [0.25, 0.3) is 0 Å². The van der Waals surface area contributed by atoms with Crippen molar-refractivity contribution < 1.29 is 14.3 Å². The molecule has 0 aromatic heterocycles. The first kappa shape index (κ1) is 17.2. The fraction of sp³-hybridized carbons (Fsp3) is 0.438. The molecule has 1 aromatic carbocycles. The number of hydrogen-bond donors (Lipinski definition) is 3. The van der Waals surface area contributed by atoms with Gasteiger partial charge in [0.05, 0.1) is 6.61 Å². The highest BCUT2D eigenvalue weighted by molar-refractivity contribution is 5.74. The number of halogens is 1. The summed E-state index contributed by atoms with van der Waals surface area (Å²) in [5.74, 6) is -0.443. The van der Waals surface area contributed by atoms with Crippen LogP contribution in [0.25, 0.3) is 0 Å². The molecule has 0 aliphatic heterocycles. The van der Waals surface area contributed by atoms with Crippen LogP contribution >= 0.6 is 0 Å². The maximum atomic E-state index is 13.2. The van der Waals surface area contributed by atoms with Crippen LogP contribution in [0.2, 0.25) is 0 Å². The molecule has 21 heavy (non-hydrogen) atoms. The molecule has 116 valence electrons. The second kappa shape index (κ2) is 9.13. The molecule has 1 unspecified atom stereocenters. The summed E-state index contributed by atoms with van der Waals surface area (Å²) in [5, 5.41) is 14.6. The Hall–Kier alpha value is -1.88. The number of amides is 2. The molecule has 0 spiro atoms. The highest BCUT2D eigenvalue weighted by Gasteiger charge is 2.07. The van der Waals surface area contributed by atoms with E-state index in [1.807, 2.05) is 13.0 Å². The Balaban J connectivity index is 2.37. The molecule has 0 radical (unpaired) electrons. The molecule has 0 saturated carbocycles. The van der Waals surface area contributed by atoms with Crippen LogP contribution in [0.5, 0.6) is 0 Å². The third-order valence-corrected chi connectivity index (χ3v) is 3.16. The number of rotatable bonds is 8. The molecule has 0 aliphatic carbocycles. The molecule has 0 saturated heterocycles. The van der Waals surface area contributed by atoms with E-state index in [0.717, 1.165) is 24.8 Å². The average Bonchev–Trinajstić information content (AvgIpc) is 2.46. The molecule has 1 aromatic rings. The van der Waals surface area contributed by atoms with Crippen LogP contribution in [-0.4, -0.2) is 17.2 Å². The van der Waals surface area contributed by atoms with Crippen molar-refractivity contribution in [1.82, 2.24) is 10.6 Å². The SMILES string of the molecule is C=CCCCC(C)NC(=O)NCc1ccc(F)c(CO)c1. The number of nitrogens with one attached hydrogen (secondary N) is 2. The van der Waals surface area contributed by atoms with E-state index in [2.05, 4.69) is 17.2 Å². The quantitative estimate of drug-likeness (QED) is 0.510. The molecule has 1 atom stereocenters. The van der Waals surface area contributed by atoms with Crippen molar-refractivity contribution in [3.05, 3.63) is 47.8 Å². The van der Waals surface area contributed by atoms with E-state index in [9.17, 15) is 9.18 Å². The number of allylic oxidation sites excluding steroid dienone is 1. The van der Waals surface area contributed by atoms with E-state index in [1.54, 1.807) is 12.1 Å². The Labute approximate surface area is 125 Å². The van der Waals surface area contributed by atoms with Gasteiger partial charge in [-0.3, -0.25) is 0 Å². The molecule has 0 bridgehead atoms. The van der Waals surface area contributed by atoms with Crippen LogP contribution in [0.4, 0.5) is 9.18 Å². The number of benzene rings is 1. The van der Waals surface area contributed by atoms with Crippen LogP contribution in [0.3, 0.4) is 0 Å². The number of unbranched alkanes of at least 4 members (excludes halogenated alkanes) is 1. The fourth-order valence-electron chi connectivity index (χ4n) is 1.96. The first-order valence-corrected chi connectivity index (χ1v) is 7.10. The van der Waals surface area contributed by atoms with Crippen molar-refractivity contribution in [3.8, 4) is 0 Å². The molecule has 5 heteroatoms. The van der Waals surface area contributed by atoms with E-state index < -0.39 is 5.82 Å². The van der Waals surface area contributed by atoms with Crippen LogP contribution in [-0.2, 0) is 13.2 Å². The van der Waals surface area contributed by atoms with Gasteiger partial charge < -0.3 is 15.7 Å². The predicted octanol–water partition coefficient (Wildman–Crippen LogP) is 2.86. The van der Waals surface area contributed by atoms with Crippen LogP contribution in [0.15, 0.2) is 30.9 Å². The number of hydrogen-bond acceptors (Lipinski definition) is 2. The third-order valence-electron chi connectivity index (χ3n) is 3.16. The minimum absolute atomic E-state index is 0.0890. The lowest BCUT2D eigenvalue weighted by molar-refractivity contribution is 0.236. The van der Waals surface area contributed by atoms with Crippen molar-refractivity contribution in [2.45, 2.75) is 45.4 Å². The largest absolute Gasteiger partial charge is 0.392 e. The van der Waals surface area contributed by atoms with E-state index >= 15 is 0 Å². The van der Waals surface area contributed by atoms with Crippen LogP contribution in [0.1, 0.15) is 37.3 Å². The van der Waals surface area contributed by atoms with Crippen molar-refractivity contribution in [1.29, 1.82) is 0 Å². The normalized spacial score (nSPS) is 11.8. The molecule has 0 aliphatic rings. The predicted molar refractivity (Wildman–Crippen MR) is 81.2 cm³/mol. The third kappa shape index (κ3) is 6.40. The molecule has 4 nitrogen and oxygen atoms in total. The zero-order valence-electron chi connectivity index (χ0n) is 12.4. The fourth-order valence-corrected chi connectivity index (χ4v) is 1.96. The van der Waals surface area contributed by atoms with Gasteiger partial charge in [-0.25, -0.2) is 9.18 Å². The molecule has 0 heterocycles. The van der Waals surface area contributed by atoms with Crippen molar-refractivity contribution in [2.24, 2.45) is 0 Å². The highest BCUT2D eigenvalue weighted by atomic mass is 19.1.